The van der Waals surface area contributed by atoms with E-state index < -0.39 is 14.9 Å². The molecule has 0 radical (unpaired) electrons. The molecule has 7 nitrogen and oxygen atoms in total. The summed E-state index contributed by atoms with van der Waals surface area (Å²) in [7, 11) is -3.83. The lowest BCUT2D eigenvalue weighted by Crippen LogP contribution is -2.34. The van der Waals surface area contributed by atoms with Crippen LogP contribution in [0.5, 0.6) is 0 Å². The number of hydrogen-bond donors (Lipinski definition) is 0. The highest BCUT2D eigenvalue weighted by molar-refractivity contribution is 7.92. The van der Waals surface area contributed by atoms with E-state index in [9.17, 15) is 18.5 Å². The molecule has 0 aromatic heterocycles. The predicted octanol–water partition coefficient (Wildman–Crippen LogP) is 2.50. The van der Waals surface area contributed by atoms with Gasteiger partial charge in [0, 0.05) is 12.1 Å². The number of benzene rings is 2. The van der Waals surface area contributed by atoms with Gasteiger partial charge in [-0.3, -0.25) is 14.4 Å². The van der Waals surface area contributed by atoms with Gasteiger partial charge in [-0.2, -0.15) is 0 Å². The Hall–Kier alpha value is -2.45. The average molecular weight is 348 g/mol. The molecule has 1 fully saturated rings. The lowest BCUT2D eigenvalue weighted by Gasteiger charge is -2.24. The fraction of sp³-hybridized carbons (Fsp3) is 0.250. The molecule has 24 heavy (non-hydrogen) atoms. The molecule has 1 atom stereocenters. The number of epoxide rings is 1. The molecule has 0 bridgehead atoms. The minimum absolute atomic E-state index is 0.00863. The Balaban J connectivity index is 1.98. The van der Waals surface area contributed by atoms with Crippen LogP contribution < -0.4 is 4.31 Å². The molecule has 2 aromatic rings. The van der Waals surface area contributed by atoms with Crippen LogP contribution in [-0.2, 0) is 14.8 Å². The molecular formula is C16H16N2O5S. The number of nitro groups is 1. The third-order valence-corrected chi connectivity index (χ3v) is 5.54. The summed E-state index contributed by atoms with van der Waals surface area (Å²) in [6.07, 6.45) is -0.126. The van der Waals surface area contributed by atoms with E-state index in [1.54, 1.807) is 12.1 Å². The Labute approximate surface area is 139 Å². The highest BCUT2D eigenvalue weighted by atomic mass is 32.2. The first kappa shape index (κ1) is 16.4. The lowest BCUT2D eigenvalue weighted by molar-refractivity contribution is -0.384. The van der Waals surface area contributed by atoms with Gasteiger partial charge in [0.05, 0.1) is 34.8 Å². The number of anilines is 1. The summed E-state index contributed by atoms with van der Waals surface area (Å²) in [4.78, 5) is 10.2. The molecule has 0 N–H and O–H groups in total. The van der Waals surface area contributed by atoms with Crippen molar-refractivity contribution >= 4 is 21.4 Å². The molecule has 126 valence electrons. The first-order valence-corrected chi connectivity index (χ1v) is 8.77. The fourth-order valence-electron chi connectivity index (χ4n) is 2.28. The summed E-state index contributed by atoms with van der Waals surface area (Å²) in [6, 6.07) is 12.0. The number of hydrogen-bond acceptors (Lipinski definition) is 5. The molecule has 8 heteroatoms. The fourth-order valence-corrected chi connectivity index (χ4v) is 3.78. The van der Waals surface area contributed by atoms with Gasteiger partial charge in [-0.15, -0.1) is 0 Å². The van der Waals surface area contributed by atoms with Gasteiger partial charge >= 0.3 is 0 Å². The van der Waals surface area contributed by atoms with Gasteiger partial charge in [0.15, 0.2) is 0 Å². The molecular weight excluding hydrogens is 332 g/mol. The third-order valence-electron chi connectivity index (χ3n) is 3.73. The zero-order chi connectivity index (χ0) is 17.3. The first-order valence-electron chi connectivity index (χ1n) is 7.33. The molecule has 0 unspecified atom stereocenters. The molecule has 0 spiro atoms. The summed E-state index contributed by atoms with van der Waals surface area (Å²) in [5.41, 5.74) is 1.41. The van der Waals surface area contributed by atoms with Crippen molar-refractivity contribution in [3.63, 3.8) is 0 Å². The zero-order valence-corrected chi connectivity index (χ0v) is 13.8. The normalized spacial score (nSPS) is 16.6. The first-order chi connectivity index (χ1) is 11.4. The second-order valence-corrected chi connectivity index (χ2v) is 7.44. The monoisotopic (exact) mass is 348 g/mol. The highest BCUT2D eigenvalue weighted by Crippen LogP contribution is 2.27. The number of non-ortho nitro benzene ring substituents is 1. The van der Waals surface area contributed by atoms with Gasteiger partial charge < -0.3 is 4.74 Å². The number of sulfonamides is 1. The van der Waals surface area contributed by atoms with Gasteiger partial charge in [-0.05, 0) is 31.2 Å². The minimum Gasteiger partial charge on any atom is -0.371 e. The Morgan fingerprint density at radius 3 is 2.25 bits per heavy atom. The second-order valence-electron chi connectivity index (χ2n) is 5.58. The maximum atomic E-state index is 13.0. The molecule has 2 aromatic carbocycles. The second kappa shape index (κ2) is 6.21. The average Bonchev–Trinajstić information content (AvgIpc) is 3.38. The van der Waals surface area contributed by atoms with Crippen molar-refractivity contribution in [1.82, 2.24) is 0 Å². The molecule has 1 heterocycles. The summed E-state index contributed by atoms with van der Waals surface area (Å²) in [5, 5.41) is 10.7. The van der Waals surface area contributed by atoms with Crippen LogP contribution in [0.2, 0.25) is 0 Å². The van der Waals surface area contributed by atoms with Gasteiger partial charge in [-0.1, -0.05) is 17.7 Å². The maximum Gasteiger partial charge on any atom is 0.269 e. The van der Waals surface area contributed by atoms with Crippen molar-refractivity contribution in [1.29, 1.82) is 0 Å². The lowest BCUT2D eigenvalue weighted by atomic mass is 10.2. The van der Waals surface area contributed by atoms with Crippen molar-refractivity contribution in [3.8, 4) is 0 Å². The largest absolute Gasteiger partial charge is 0.371 e. The highest BCUT2D eigenvalue weighted by Gasteiger charge is 2.33. The minimum atomic E-state index is -3.83. The van der Waals surface area contributed by atoms with Crippen LogP contribution >= 0.6 is 0 Å². The number of ether oxygens (including phenoxy) is 1. The van der Waals surface area contributed by atoms with Crippen molar-refractivity contribution in [2.24, 2.45) is 0 Å². The van der Waals surface area contributed by atoms with Crippen LogP contribution in [-0.4, -0.2) is 32.6 Å². The Morgan fingerprint density at radius 1 is 1.17 bits per heavy atom. The van der Waals surface area contributed by atoms with E-state index in [4.69, 9.17) is 4.74 Å². The van der Waals surface area contributed by atoms with Crippen molar-refractivity contribution < 1.29 is 18.1 Å². The predicted molar refractivity (Wildman–Crippen MR) is 88.5 cm³/mol. The summed E-state index contributed by atoms with van der Waals surface area (Å²) < 4.78 is 32.4. The van der Waals surface area contributed by atoms with Crippen LogP contribution in [0.4, 0.5) is 11.4 Å². The molecule has 0 saturated carbocycles. The van der Waals surface area contributed by atoms with Crippen LogP contribution in [0.3, 0.4) is 0 Å². The summed E-state index contributed by atoms with van der Waals surface area (Å²) >= 11 is 0. The van der Waals surface area contributed by atoms with E-state index in [2.05, 4.69) is 0 Å². The SMILES string of the molecule is Cc1ccc(N(C[C@@H]2CO2)S(=O)(=O)c2ccc([N+](=O)[O-])cc2)cc1. The molecule has 3 rings (SSSR count). The van der Waals surface area contributed by atoms with Crippen molar-refractivity contribution in [2.75, 3.05) is 17.5 Å². The Bertz CT molecular complexity index is 843. The van der Waals surface area contributed by atoms with Crippen LogP contribution in [0.15, 0.2) is 53.4 Å². The maximum absolute atomic E-state index is 13.0. The van der Waals surface area contributed by atoms with Crippen LogP contribution in [0.25, 0.3) is 0 Å². The third kappa shape index (κ3) is 3.39. The van der Waals surface area contributed by atoms with E-state index in [1.807, 2.05) is 19.1 Å². The molecule has 1 aliphatic rings. The van der Waals surface area contributed by atoms with E-state index in [0.717, 1.165) is 5.56 Å². The Kier molecular flexibility index (Phi) is 4.25. The number of rotatable bonds is 6. The van der Waals surface area contributed by atoms with Crippen LogP contribution in [0.1, 0.15) is 5.56 Å². The van der Waals surface area contributed by atoms with Gasteiger partial charge in [0.2, 0.25) is 0 Å². The molecule has 1 saturated heterocycles. The van der Waals surface area contributed by atoms with Crippen molar-refractivity contribution in [3.05, 3.63) is 64.2 Å². The van der Waals surface area contributed by atoms with E-state index in [0.29, 0.717) is 12.3 Å². The standard InChI is InChI=1S/C16H16N2O5S/c1-12-2-4-13(5-3-12)17(10-15-11-23-15)24(21,22)16-8-6-14(7-9-16)18(19)20/h2-9,15H,10-11H2,1H3/t15-/m1/s1. The number of aryl methyl sites for hydroxylation is 1. The molecule has 0 amide bonds. The zero-order valence-electron chi connectivity index (χ0n) is 13.0. The topological polar surface area (TPSA) is 93.1 Å². The van der Waals surface area contributed by atoms with Crippen LogP contribution in [0, 0.1) is 17.0 Å². The van der Waals surface area contributed by atoms with E-state index in [-0.39, 0.29) is 23.2 Å². The Morgan fingerprint density at radius 2 is 1.75 bits per heavy atom. The van der Waals surface area contributed by atoms with Gasteiger partial charge in [-0.25, -0.2) is 8.42 Å². The number of nitro benzene ring substituents is 1. The molecule has 1 aliphatic heterocycles. The van der Waals surface area contributed by atoms with E-state index in [1.165, 1.54) is 28.6 Å². The molecule has 0 aliphatic carbocycles. The summed E-state index contributed by atoms with van der Waals surface area (Å²) in [5.74, 6) is 0. The smallest absolute Gasteiger partial charge is 0.269 e. The van der Waals surface area contributed by atoms with Crippen molar-refractivity contribution in [2.45, 2.75) is 17.9 Å². The number of nitrogens with zero attached hydrogens (tertiary/aromatic N) is 2. The quantitative estimate of drug-likeness (QED) is 0.454. The van der Waals surface area contributed by atoms with Gasteiger partial charge in [0.1, 0.15) is 0 Å². The summed E-state index contributed by atoms with van der Waals surface area (Å²) in [6.45, 7) is 2.66. The van der Waals surface area contributed by atoms with E-state index >= 15 is 0 Å². The van der Waals surface area contributed by atoms with Gasteiger partial charge in [0.25, 0.3) is 15.7 Å².